The molecule has 0 unspecified atom stereocenters. The third-order valence-electron chi connectivity index (χ3n) is 1.04. The van der Waals surface area contributed by atoms with Gasteiger partial charge in [0, 0.05) is 17.2 Å². The maximum absolute atomic E-state index is 5.66. The van der Waals surface area contributed by atoms with E-state index >= 15 is 0 Å². The van der Waals surface area contributed by atoms with E-state index in [0.717, 1.165) is 0 Å². The van der Waals surface area contributed by atoms with Crippen molar-refractivity contribution in [3.8, 4) is 5.75 Å². The van der Waals surface area contributed by atoms with E-state index in [9.17, 15) is 0 Å². The molecule has 0 aromatic heterocycles. The van der Waals surface area contributed by atoms with Crippen LogP contribution < -0.4 is 4.74 Å². The average Bonchev–Trinajstić information content (AvgIpc) is 1.94. The van der Waals surface area contributed by atoms with E-state index in [2.05, 4.69) is 6.07 Å². The summed E-state index contributed by atoms with van der Waals surface area (Å²) in [4.78, 5) is 0. The lowest BCUT2D eigenvalue weighted by Gasteiger charge is -2.00. The molecule has 0 bridgehead atoms. The summed E-state index contributed by atoms with van der Waals surface area (Å²) >= 11 is 11.3. The Morgan fingerprint density at radius 1 is 1.50 bits per heavy atom. The SMILES string of the molecule is COc1cc(Cl)c[c]c1Cl. The standard InChI is InChI=1S/C7H5Cl2O/c1-10-7-4-5(8)2-3-6(7)9/h2,4H,1H3. The van der Waals surface area contributed by atoms with Crippen LogP contribution in [0.1, 0.15) is 0 Å². The van der Waals surface area contributed by atoms with Gasteiger partial charge in [-0.25, -0.2) is 0 Å². The number of benzene rings is 1. The van der Waals surface area contributed by atoms with E-state index in [-0.39, 0.29) is 0 Å². The second-order valence-corrected chi connectivity index (χ2v) is 2.51. The van der Waals surface area contributed by atoms with Gasteiger partial charge in [0.1, 0.15) is 5.75 Å². The van der Waals surface area contributed by atoms with Crippen molar-refractivity contribution in [2.75, 3.05) is 7.11 Å². The van der Waals surface area contributed by atoms with Crippen molar-refractivity contribution in [3.05, 3.63) is 28.2 Å². The molecule has 0 aliphatic heterocycles. The summed E-state index contributed by atoms with van der Waals surface area (Å²) < 4.78 is 4.88. The molecule has 1 nitrogen and oxygen atoms in total. The van der Waals surface area contributed by atoms with E-state index in [1.807, 2.05) is 0 Å². The fourth-order valence-corrected chi connectivity index (χ4v) is 0.922. The van der Waals surface area contributed by atoms with Gasteiger partial charge in [-0.3, -0.25) is 0 Å². The average molecular weight is 176 g/mol. The highest BCUT2D eigenvalue weighted by atomic mass is 35.5. The Bertz CT molecular complexity index is 235. The summed E-state index contributed by atoms with van der Waals surface area (Å²) in [7, 11) is 1.53. The van der Waals surface area contributed by atoms with Crippen LogP contribution in [0.15, 0.2) is 12.1 Å². The third-order valence-corrected chi connectivity index (χ3v) is 1.56. The zero-order valence-corrected chi connectivity index (χ0v) is 6.83. The first-order chi connectivity index (χ1) is 4.74. The first-order valence-corrected chi connectivity index (χ1v) is 3.40. The molecule has 0 N–H and O–H groups in total. The van der Waals surface area contributed by atoms with Gasteiger partial charge in [-0.05, 0) is 6.07 Å². The van der Waals surface area contributed by atoms with Gasteiger partial charge in [-0.2, -0.15) is 0 Å². The van der Waals surface area contributed by atoms with E-state index in [1.54, 1.807) is 12.1 Å². The minimum atomic E-state index is 0.451. The molecular formula is C7H5Cl2O. The molecule has 0 saturated carbocycles. The van der Waals surface area contributed by atoms with Crippen molar-refractivity contribution in [2.45, 2.75) is 0 Å². The Balaban J connectivity index is 3.09. The Labute approximate surface area is 69.5 Å². The van der Waals surface area contributed by atoms with Crippen molar-refractivity contribution < 1.29 is 4.74 Å². The molecule has 1 rings (SSSR count). The number of hydrogen-bond acceptors (Lipinski definition) is 1. The Kier molecular flexibility index (Phi) is 2.41. The van der Waals surface area contributed by atoms with Gasteiger partial charge in [0.2, 0.25) is 0 Å². The van der Waals surface area contributed by atoms with Crippen LogP contribution >= 0.6 is 23.2 Å². The monoisotopic (exact) mass is 175 g/mol. The summed E-state index contributed by atoms with van der Waals surface area (Å²) in [6.45, 7) is 0. The van der Waals surface area contributed by atoms with Crippen LogP contribution in [0.5, 0.6) is 5.75 Å². The lowest BCUT2D eigenvalue weighted by Crippen LogP contribution is -1.82. The van der Waals surface area contributed by atoms with E-state index < -0.39 is 0 Å². The van der Waals surface area contributed by atoms with Crippen molar-refractivity contribution in [1.82, 2.24) is 0 Å². The molecule has 1 radical (unpaired) electrons. The Hall–Kier alpha value is -0.400. The summed E-state index contributed by atoms with van der Waals surface area (Å²) in [6, 6.07) is 5.96. The molecule has 0 spiro atoms. The second-order valence-electron chi connectivity index (χ2n) is 1.70. The molecule has 0 fully saturated rings. The van der Waals surface area contributed by atoms with Crippen molar-refractivity contribution in [3.63, 3.8) is 0 Å². The summed E-state index contributed by atoms with van der Waals surface area (Å²) in [6.07, 6.45) is 0. The molecule has 0 amide bonds. The molecule has 0 heterocycles. The topological polar surface area (TPSA) is 9.23 Å². The third kappa shape index (κ3) is 1.55. The van der Waals surface area contributed by atoms with Crippen LogP contribution in [0, 0.1) is 6.07 Å². The van der Waals surface area contributed by atoms with Gasteiger partial charge in [-0.15, -0.1) is 0 Å². The van der Waals surface area contributed by atoms with Crippen molar-refractivity contribution >= 4 is 23.2 Å². The predicted octanol–water partition coefficient (Wildman–Crippen LogP) is 2.80. The summed E-state index contributed by atoms with van der Waals surface area (Å²) in [5.41, 5.74) is 0. The van der Waals surface area contributed by atoms with Crippen LogP contribution in [-0.2, 0) is 0 Å². The number of halogens is 2. The smallest absolute Gasteiger partial charge is 0.139 e. The van der Waals surface area contributed by atoms with E-state index in [4.69, 9.17) is 27.9 Å². The summed E-state index contributed by atoms with van der Waals surface area (Å²) in [5, 5.41) is 1.02. The van der Waals surface area contributed by atoms with Gasteiger partial charge in [0.15, 0.2) is 0 Å². The number of ether oxygens (including phenoxy) is 1. The Morgan fingerprint density at radius 3 is 2.70 bits per heavy atom. The quantitative estimate of drug-likeness (QED) is 0.639. The van der Waals surface area contributed by atoms with Crippen LogP contribution in [0.25, 0.3) is 0 Å². The maximum atomic E-state index is 5.66. The predicted molar refractivity (Wildman–Crippen MR) is 41.9 cm³/mol. The molecule has 53 valence electrons. The lowest BCUT2D eigenvalue weighted by atomic mass is 10.3. The van der Waals surface area contributed by atoms with Crippen LogP contribution in [0.2, 0.25) is 10.0 Å². The minimum Gasteiger partial charge on any atom is -0.495 e. The fraction of sp³-hybridized carbons (Fsp3) is 0.143. The highest BCUT2D eigenvalue weighted by molar-refractivity contribution is 6.34. The number of rotatable bonds is 1. The van der Waals surface area contributed by atoms with Crippen molar-refractivity contribution in [2.24, 2.45) is 0 Å². The molecule has 1 aromatic rings. The first-order valence-electron chi connectivity index (χ1n) is 2.65. The van der Waals surface area contributed by atoms with Gasteiger partial charge in [0.25, 0.3) is 0 Å². The normalized spacial score (nSPS) is 9.50. The van der Waals surface area contributed by atoms with E-state index in [1.165, 1.54) is 7.11 Å². The zero-order chi connectivity index (χ0) is 7.56. The molecule has 10 heavy (non-hydrogen) atoms. The minimum absolute atomic E-state index is 0.451. The van der Waals surface area contributed by atoms with Crippen LogP contribution in [-0.4, -0.2) is 7.11 Å². The molecule has 0 aliphatic carbocycles. The fourth-order valence-electron chi connectivity index (χ4n) is 0.582. The number of methoxy groups -OCH3 is 1. The second kappa shape index (κ2) is 3.13. The van der Waals surface area contributed by atoms with Crippen LogP contribution in [0.4, 0.5) is 0 Å². The molecule has 1 aromatic carbocycles. The molecule has 0 saturated heterocycles. The molecule has 0 aliphatic rings. The lowest BCUT2D eigenvalue weighted by molar-refractivity contribution is 0.415. The van der Waals surface area contributed by atoms with Gasteiger partial charge < -0.3 is 4.74 Å². The first kappa shape index (κ1) is 7.70. The van der Waals surface area contributed by atoms with Gasteiger partial charge in [-0.1, -0.05) is 23.2 Å². The molecule has 0 atom stereocenters. The molecule has 3 heteroatoms. The largest absolute Gasteiger partial charge is 0.495 e. The highest BCUT2D eigenvalue weighted by Gasteiger charge is 1.99. The Morgan fingerprint density at radius 2 is 2.20 bits per heavy atom. The van der Waals surface area contributed by atoms with Gasteiger partial charge >= 0.3 is 0 Å². The maximum Gasteiger partial charge on any atom is 0.139 e. The number of hydrogen-bond donors (Lipinski definition) is 0. The van der Waals surface area contributed by atoms with Gasteiger partial charge in [0.05, 0.1) is 12.1 Å². The van der Waals surface area contributed by atoms with Crippen LogP contribution in [0.3, 0.4) is 0 Å². The van der Waals surface area contributed by atoms with E-state index in [0.29, 0.717) is 15.8 Å². The summed E-state index contributed by atoms with van der Waals surface area (Å²) in [5.74, 6) is 0.550. The molecular weight excluding hydrogens is 171 g/mol. The zero-order valence-electron chi connectivity index (χ0n) is 5.32. The highest BCUT2D eigenvalue weighted by Crippen LogP contribution is 2.26. The van der Waals surface area contributed by atoms with Crippen molar-refractivity contribution in [1.29, 1.82) is 0 Å².